The third kappa shape index (κ3) is 5.08. The highest BCUT2D eigenvalue weighted by atomic mass is 35.5. The van der Waals surface area contributed by atoms with Crippen molar-refractivity contribution in [1.29, 1.82) is 0 Å². The molecule has 0 saturated carbocycles. The average molecular weight is 361 g/mol. The summed E-state index contributed by atoms with van der Waals surface area (Å²) in [7, 11) is 0. The normalized spacial score (nSPS) is 11.1. The molecule has 1 nitrogen and oxygen atoms in total. The minimum Gasteiger partial charge on any atom is -0.310 e. The van der Waals surface area contributed by atoms with Gasteiger partial charge in [-0.3, -0.25) is 0 Å². The van der Waals surface area contributed by atoms with E-state index < -0.39 is 0 Å². The van der Waals surface area contributed by atoms with Gasteiger partial charge in [0.1, 0.15) is 0 Å². The van der Waals surface area contributed by atoms with E-state index in [0.29, 0.717) is 16.1 Å². The van der Waals surface area contributed by atoms with Gasteiger partial charge in [0.05, 0.1) is 15.1 Å². The summed E-state index contributed by atoms with van der Waals surface area (Å²) in [5, 5.41) is 5.23. The molecular weight excluding hydrogens is 345 g/mol. The molecule has 0 spiro atoms. The van der Waals surface area contributed by atoms with Crippen molar-refractivity contribution in [1.82, 2.24) is 5.32 Å². The van der Waals surface area contributed by atoms with Crippen molar-refractivity contribution < 1.29 is 0 Å². The van der Waals surface area contributed by atoms with Crippen LogP contribution in [0.5, 0.6) is 0 Å². The molecule has 0 fully saturated rings. The van der Waals surface area contributed by atoms with Gasteiger partial charge in [-0.15, -0.1) is 0 Å². The van der Waals surface area contributed by atoms with Gasteiger partial charge in [-0.25, -0.2) is 0 Å². The lowest BCUT2D eigenvalue weighted by molar-refractivity contribution is 0.589. The maximum absolute atomic E-state index is 6.36. The Morgan fingerprint density at radius 2 is 1.71 bits per heavy atom. The molecule has 0 atom stereocenters. The summed E-state index contributed by atoms with van der Waals surface area (Å²) in [4.78, 5) is 2.02. The molecule has 0 amide bonds. The minimum atomic E-state index is 0.453. The molecule has 5 heteroatoms. The quantitative estimate of drug-likeness (QED) is 0.672. The maximum atomic E-state index is 6.36. The first-order valence-electron chi connectivity index (χ1n) is 6.60. The predicted molar refractivity (Wildman–Crippen MR) is 94.0 cm³/mol. The van der Waals surface area contributed by atoms with Gasteiger partial charge in [-0.2, -0.15) is 0 Å². The monoisotopic (exact) mass is 359 g/mol. The van der Waals surface area contributed by atoms with Gasteiger partial charge in [0, 0.05) is 22.4 Å². The molecule has 2 aromatic rings. The van der Waals surface area contributed by atoms with E-state index in [4.69, 9.17) is 34.8 Å². The van der Waals surface area contributed by atoms with E-state index >= 15 is 0 Å². The summed E-state index contributed by atoms with van der Waals surface area (Å²) in [6, 6.07) is 12.1. The van der Waals surface area contributed by atoms with Gasteiger partial charge in [-0.05, 0) is 35.9 Å². The standard InChI is InChI=1S/C16H16Cl3NS/c1-10(2)20-9-11-3-6-16(15(19)7-11)21-12-4-5-13(17)14(18)8-12/h3-8,10,20H,9H2,1-2H3. The Morgan fingerprint density at radius 3 is 2.33 bits per heavy atom. The first-order valence-corrected chi connectivity index (χ1v) is 8.55. The van der Waals surface area contributed by atoms with Crippen LogP contribution < -0.4 is 5.32 Å². The average Bonchev–Trinajstić information content (AvgIpc) is 2.43. The number of halogens is 3. The molecule has 0 radical (unpaired) electrons. The van der Waals surface area contributed by atoms with E-state index in [2.05, 4.69) is 25.2 Å². The Labute approximate surface area is 145 Å². The molecule has 112 valence electrons. The van der Waals surface area contributed by atoms with Gasteiger partial charge < -0.3 is 5.32 Å². The lowest BCUT2D eigenvalue weighted by Crippen LogP contribution is -2.21. The minimum absolute atomic E-state index is 0.453. The fraction of sp³-hybridized carbons (Fsp3) is 0.250. The van der Waals surface area contributed by atoms with Gasteiger partial charge in [0.25, 0.3) is 0 Å². The van der Waals surface area contributed by atoms with Gasteiger partial charge >= 0.3 is 0 Å². The first-order chi connectivity index (χ1) is 9.95. The van der Waals surface area contributed by atoms with Crippen LogP contribution in [0.25, 0.3) is 0 Å². The second-order valence-corrected chi connectivity index (χ2v) is 7.32. The molecule has 0 unspecified atom stereocenters. The third-order valence-electron chi connectivity index (χ3n) is 2.83. The van der Waals surface area contributed by atoms with Crippen LogP contribution >= 0.6 is 46.6 Å². The van der Waals surface area contributed by atoms with Crippen LogP contribution in [-0.2, 0) is 6.54 Å². The number of nitrogens with one attached hydrogen (secondary N) is 1. The Hall–Kier alpha value is -0.380. The van der Waals surface area contributed by atoms with Gasteiger partial charge in [0.2, 0.25) is 0 Å². The second-order valence-electron chi connectivity index (χ2n) is 4.98. The first kappa shape index (κ1) is 17.0. The van der Waals surface area contributed by atoms with Crippen molar-refractivity contribution >= 4 is 46.6 Å². The second kappa shape index (κ2) is 7.75. The van der Waals surface area contributed by atoms with Crippen molar-refractivity contribution in [3.8, 4) is 0 Å². The Bertz CT molecular complexity index is 629. The fourth-order valence-corrected chi connectivity index (χ4v) is 3.27. The Morgan fingerprint density at radius 1 is 0.952 bits per heavy atom. The molecule has 2 rings (SSSR count). The molecule has 21 heavy (non-hydrogen) atoms. The zero-order valence-electron chi connectivity index (χ0n) is 11.8. The fourth-order valence-electron chi connectivity index (χ4n) is 1.73. The number of benzene rings is 2. The lowest BCUT2D eigenvalue weighted by atomic mass is 10.2. The van der Waals surface area contributed by atoms with Crippen LogP contribution in [0.15, 0.2) is 46.2 Å². The predicted octanol–water partition coefficient (Wildman–Crippen LogP) is 6.30. The summed E-state index contributed by atoms with van der Waals surface area (Å²) in [6.07, 6.45) is 0. The van der Waals surface area contributed by atoms with Gasteiger partial charge in [-0.1, -0.05) is 66.5 Å². The topological polar surface area (TPSA) is 12.0 Å². The Kier molecular flexibility index (Phi) is 6.27. The highest BCUT2D eigenvalue weighted by Gasteiger charge is 2.06. The number of hydrogen-bond donors (Lipinski definition) is 1. The van der Waals surface area contributed by atoms with Gasteiger partial charge in [0.15, 0.2) is 0 Å². The number of hydrogen-bond acceptors (Lipinski definition) is 2. The van der Waals surface area contributed by atoms with E-state index in [0.717, 1.165) is 21.4 Å². The molecule has 2 aromatic carbocycles. The molecule has 0 aliphatic carbocycles. The molecule has 0 saturated heterocycles. The highest BCUT2D eigenvalue weighted by Crippen LogP contribution is 2.36. The summed E-state index contributed by atoms with van der Waals surface area (Å²) in [5.74, 6) is 0. The molecule has 0 heterocycles. The third-order valence-corrected chi connectivity index (χ3v) is 5.06. The molecule has 0 aliphatic heterocycles. The van der Waals surface area contributed by atoms with E-state index in [9.17, 15) is 0 Å². The zero-order chi connectivity index (χ0) is 15.4. The SMILES string of the molecule is CC(C)NCc1ccc(Sc2ccc(Cl)c(Cl)c2)c(Cl)c1. The van der Waals surface area contributed by atoms with Crippen molar-refractivity contribution in [2.45, 2.75) is 36.2 Å². The summed E-state index contributed by atoms with van der Waals surface area (Å²) >= 11 is 19.9. The zero-order valence-corrected chi connectivity index (χ0v) is 14.9. The van der Waals surface area contributed by atoms with Crippen LogP contribution in [0.3, 0.4) is 0 Å². The molecule has 1 N–H and O–H groups in total. The summed E-state index contributed by atoms with van der Waals surface area (Å²) in [6.45, 7) is 5.06. The lowest BCUT2D eigenvalue weighted by Gasteiger charge is -2.10. The van der Waals surface area contributed by atoms with E-state index in [1.54, 1.807) is 17.8 Å². The highest BCUT2D eigenvalue weighted by molar-refractivity contribution is 7.99. The molecule has 0 aliphatic rings. The summed E-state index contributed by atoms with van der Waals surface area (Å²) in [5.41, 5.74) is 1.17. The van der Waals surface area contributed by atoms with E-state index in [1.807, 2.05) is 24.3 Å². The van der Waals surface area contributed by atoms with Crippen LogP contribution in [-0.4, -0.2) is 6.04 Å². The molecule has 0 aromatic heterocycles. The largest absolute Gasteiger partial charge is 0.310 e. The maximum Gasteiger partial charge on any atom is 0.0603 e. The number of rotatable bonds is 5. The van der Waals surface area contributed by atoms with Crippen molar-refractivity contribution in [3.05, 3.63) is 57.0 Å². The Balaban J connectivity index is 2.11. The van der Waals surface area contributed by atoms with Crippen LogP contribution in [0.1, 0.15) is 19.4 Å². The van der Waals surface area contributed by atoms with E-state index in [1.165, 1.54) is 5.56 Å². The van der Waals surface area contributed by atoms with Crippen LogP contribution in [0, 0.1) is 0 Å². The van der Waals surface area contributed by atoms with Crippen molar-refractivity contribution in [2.24, 2.45) is 0 Å². The molecular formula is C16H16Cl3NS. The van der Waals surface area contributed by atoms with Crippen molar-refractivity contribution in [2.75, 3.05) is 0 Å². The van der Waals surface area contributed by atoms with E-state index in [-0.39, 0.29) is 0 Å². The summed E-state index contributed by atoms with van der Waals surface area (Å²) < 4.78 is 0. The van der Waals surface area contributed by atoms with Crippen molar-refractivity contribution in [3.63, 3.8) is 0 Å². The molecule has 0 bridgehead atoms. The van der Waals surface area contributed by atoms with Crippen LogP contribution in [0.2, 0.25) is 15.1 Å². The smallest absolute Gasteiger partial charge is 0.0603 e. The van der Waals surface area contributed by atoms with Crippen LogP contribution in [0.4, 0.5) is 0 Å².